The third-order valence-corrected chi connectivity index (χ3v) is 6.04. The molecule has 1 aliphatic carbocycles. The molecular weight excluding hydrogens is 316 g/mol. The Morgan fingerprint density at radius 3 is 2.80 bits per heavy atom. The molecule has 0 N–H and O–H groups in total. The van der Waals surface area contributed by atoms with Crippen LogP contribution in [0.15, 0.2) is 12.2 Å². The highest BCUT2D eigenvalue weighted by atomic mass is 16.5. The SMILES string of the molecule is CCOC(=O)C1CCCCN1C(=O)CN1CCCC2(CC=CCC2)C1. The number of amides is 1. The Morgan fingerprint density at radius 1 is 1.16 bits per heavy atom. The summed E-state index contributed by atoms with van der Waals surface area (Å²) >= 11 is 0. The summed E-state index contributed by atoms with van der Waals surface area (Å²) in [6, 6.07) is -0.377. The van der Waals surface area contributed by atoms with E-state index in [4.69, 9.17) is 4.74 Å². The Labute approximate surface area is 151 Å². The van der Waals surface area contributed by atoms with Crippen LogP contribution in [0.5, 0.6) is 0 Å². The molecule has 0 aromatic rings. The summed E-state index contributed by atoms with van der Waals surface area (Å²) in [7, 11) is 0. The Balaban J connectivity index is 1.60. The molecule has 5 heteroatoms. The van der Waals surface area contributed by atoms with E-state index in [2.05, 4.69) is 17.1 Å². The molecule has 25 heavy (non-hydrogen) atoms. The third-order valence-electron chi connectivity index (χ3n) is 6.04. The molecule has 2 fully saturated rings. The van der Waals surface area contributed by atoms with Gasteiger partial charge in [0.05, 0.1) is 13.2 Å². The molecule has 1 spiro atoms. The lowest BCUT2D eigenvalue weighted by Crippen LogP contribution is -2.53. The molecule has 5 nitrogen and oxygen atoms in total. The average Bonchev–Trinajstić information content (AvgIpc) is 2.62. The molecule has 2 heterocycles. The van der Waals surface area contributed by atoms with Gasteiger partial charge in [-0.1, -0.05) is 12.2 Å². The molecule has 0 radical (unpaired) electrons. The normalized spacial score (nSPS) is 30.4. The van der Waals surface area contributed by atoms with Crippen LogP contribution in [-0.4, -0.2) is 60.5 Å². The van der Waals surface area contributed by atoms with Crippen molar-refractivity contribution in [3.05, 3.63) is 12.2 Å². The van der Waals surface area contributed by atoms with Crippen molar-refractivity contribution in [2.75, 3.05) is 32.8 Å². The number of rotatable bonds is 4. The Morgan fingerprint density at radius 2 is 2.04 bits per heavy atom. The molecule has 2 aliphatic heterocycles. The predicted octanol–water partition coefficient (Wildman–Crippen LogP) is 2.75. The van der Waals surface area contributed by atoms with Gasteiger partial charge in [-0.2, -0.15) is 0 Å². The summed E-state index contributed by atoms with van der Waals surface area (Å²) in [6.45, 7) is 5.33. The van der Waals surface area contributed by atoms with Gasteiger partial charge in [-0.05, 0) is 70.3 Å². The van der Waals surface area contributed by atoms with Gasteiger partial charge in [0, 0.05) is 13.1 Å². The molecule has 2 atom stereocenters. The highest BCUT2D eigenvalue weighted by Gasteiger charge is 2.38. The molecule has 140 valence electrons. The van der Waals surface area contributed by atoms with Crippen LogP contribution in [-0.2, 0) is 14.3 Å². The van der Waals surface area contributed by atoms with Crippen LogP contribution >= 0.6 is 0 Å². The summed E-state index contributed by atoms with van der Waals surface area (Å²) in [5, 5.41) is 0. The van der Waals surface area contributed by atoms with E-state index in [1.165, 1.54) is 25.7 Å². The van der Waals surface area contributed by atoms with Crippen LogP contribution in [0.1, 0.15) is 58.3 Å². The lowest BCUT2D eigenvalue weighted by atomic mass is 9.71. The van der Waals surface area contributed by atoms with E-state index in [1.54, 1.807) is 4.90 Å². The van der Waals surface area contributed by atoms with E-state index in [-0.39, 0.29) is 17.9 Å². The predicted molar refractivity (Wildman–Crippen MR) is 97.1 cm³/mol. The molecule has 2 saturated heterocycles. The van der Waals surface area contributed by atoms with Gasteiger partial charge in [0.25, 0.3) is 0 Å². The van der Waals surface area contributed by atoms with E-state index >= 15 is 0 Å². The largest absolute Gasteiger partial charge is 0.464 e. The van der Waals surface area contributed by atoms with Gasteiger partial charge in [0.1, 0.15) is 6.04 Å². The highest BCUT2D eigenvalue weighted by Crippen LogP contribution is 2.40. The Bertz CT molecular complexity index is 519. The van der Waals surface area contributed by atoms with Gasteiger partial charge in [0.15, 0.2) is 0 Å². The fourth-order valence-corrected chi connectivity index (χ4v) is 4.75. The third kappa shape index (κ3) is 4.43. The number of likely N-dealkylation sites (tertiary alicyclic amines) is 2. The van der Waals surface area contributed by atoms with Crippen LogP contribution in [0.4, 0.5) is 0 Å². The van der Waals surface area contributed by atoms with E-state index in [0.717, 1.165) is 38.8 Å². The molecule has 2 unspecified atom stereocenters. The number of esters is 1. The number of carbonyl (C=O) groups excluding carboxylic acids is 2. The number of ether oxygens (including phenoxy) is 1. The van der Waals surface area contributed by atoms with Crippen LogP contribution in [0.3, 0.4) is 0 Å². The van der Waals surface area contributed by atoms with Gasteiger partial charge >= 0.3 is 5.97 Å². The fraction of sp³-hybridized carbons (Fsp3) is 0.800. The molecular formula is C20H32N2O3. The molecule has 3 aliphatic rings. The quantitative estimate of drug-likeness (QED) is 0.579. The first-order valence-electron chi connectivity index (χ1n) is 9.97. The number of hydrogen-bond acceptors (Lipinski definition) is 4. The maximum Gasteiger partial charge on any atom is 0.328 e. The first-order valence-corrected chi connectivity index (χ1v) is 9.97. The fourth-order valence-electron chi connectivity index (χ4n) is 4.75. The zero-order valence-electron chi connectivity index (χ0n) is 15.5. The van der Waals surface area contributed by atoms with Gasteiger partial charge < -0.3 is 9.64 Å². The van der Waals surface area contributed by atoms with E-state index in [0.29, 0.717) is 25.1 Å². The second-order valence-electron chi connectivity index (χ2n) is 7.88. The maximum atomic E-state index is 12.9. The summed E-state index contributed by atoms with van der Waals surface area (Å²) in [5.41, 5.74) is 0.371. The summed E-state index contributed by atoms with van der Waals surface area (Å²) < 4.78 is 5.19. The van der Waals surface area contributed by atoms with E-state index < -0.39 is 0 Å². The van der Waals surface area contributed by atoms with Crippen LogP contribution in [0.2, 0.25) is 0 Å². The Kier molecular flexibility index (Phi) is 6.15. The topological polar surface area (TPSA) is 49.9 Å². The molecule has 1 amide bonds. The van der Waals surface area contributed by atoms with Crippen molar-refractivity contribution in [2.24, 2.45) is 5.41 Å². The van der Waals surface area contributed by atoms with Gasteiger partial charge in [0.2, 0.25) is 5.91 Å². The van der Waals surface area contributed by atoms with Gasteiger partial charge in [-0.3, -0.25) is 9.69 Å². The van der Waals surface area contributed by atoms with Crippen molar-refractivity contribution in [3.63, 3.8) is 0 Å². The number of piperidine rings is 2. The van der Waals surface area contributed by atoms with Gasteiger partial charge in [-0.25, -0.2) is 4.79 Å². The van der Waals surface area contributed by atoms with Crippen molar-refractivity contribution >= 4 is 11.9 Å². The van der Waals surface area contributed by atoms with Crippen LogP contribution in [0, 0.1) is 5.41 Å². The standard InChI is InChI=1S/C20H32N2O3/c1-2-25-19(24)17-9-4-7-14-22(17)18(23)15-21-13-8-12-20(16-21)10-5-3-6-11-20/h3,5,17H,2,4,6-16H2,1H3. The Hall–Kier alpha value is -1.36. The molecule has 0 aromatic heterocycles. The number of allylic oxidation sites excluding steroid dienone is 2. The van der Waals surface area contributed by atoms with E-state index in [9.17, 15) is 9.59 Å². The lowest BCUT2D eigenvalue weighted by Gasteiger charge is -2.44. The average molecular weight is 348 g/mol. The van der Waals surface area contributed by atoms with Crippen molar-refractivity contribution in [3.8, 4) is 0 Å². The minimum absolute atomic E-state index is 0.0983. The van der Waals surface area contributed by atoms with Crippen molar-refractivity contribution in [1.82, 2.24) is 9.80 Å². The van der Waals surface area contributed by atoms with Crippen LogP contribution < -0.4 is 0 Å². The minimum Gasteiger partial charge on any atom is -0.464 e. The molecule has 3 rings (SSSR count). The first-order chi connectivity index (χ1) is 12.1. The van der Waals surface area contributed by atoms with E-state index in [1.807, 2.05) is 6.92 Å². The number of hydrogen-bond donors (Lipinski definition) is 0. The van der Waals surface area contributed by atoms with Crippen molar-refractivity contribution < 1.29 is 14.3 Å². The summed E-state index contributed by atoms with van der Waals surface area (Å²) in [6.07, 6.45) is 13.3. The number of carbonyl (C=O) groups is 2. The van der Waals surface area contributed by atoms with Gasteiger partial charge in [-0.15, -0.1) is 0 Å². The van der Waals surface area contributed by atoms with Crippen LogP contribution in [0.25, 0.3) is 0 Å². The second-order valence-corrected chi connectivity index (χ2v) is 7.88. The molecule has 0 aromatic carbocycles. The summed E-state index contributed by atoms with van der Waals surface area (Å²) in [4.78, 5) is 29.2. The zero-order chi connectivity index (χ0) is 17.7. The number of nitrogens with zero attached hydrogens (tertiary/aromatic N) is 2. The lowest BCUT2D eigenvalue weighted by molar-refractivity contribution is -0.157. The smallest absolute Gasteiger partial charge is 0.328 e. The molecule has 0 bridgehead atoms. The summed E-state index contributed by atoms with van der Waals surface area (Å²) in [5.74, 6) is -0.135. The highest BCUT2D eigenvalue weighted by molar-refractivity contribution is 5.85. The zero-order valence-corrected chi connectivity index (χ0v) is 15.5. The molecule has 0 saturated carbocycles. The monoisotopic (exact) mass is 348 g/mol. The maximum absolute atomic E-state index is 12.9. The first kappa shape index (κ1) is 18.4. The minimum atomic E-state index is -0.377. The second kappa shape index (κ2) is 8.35. The van der Waals surface area contributed by atoms with Crippen molar-refractivity contribution in [2.45, 2.75) is 64.3 Å². The van der Waals surface area contributed by atoms with Crippen molar-refractivity contribution in [1.29, 1.82) is 0 Å².